The molecular formula is C14H21N2O4S+. The Morgan fingerprint density at radius 3 is 2.33 bits per heavy atom. The van der Waals surface area contributed by atoms with Crippen LogP contribution in [0.2, 0.25) is 0 Å². The Morgan fingerprint density at radius 1 is 1.24 bits per heavy atom. The van der Waals surface area contributed by atoms with E-state index in [1.54, 1.807) is 6.92 Å². The number of ether oxygens (including phenoxy) is 1. The lowest BCUT2D eigenvalue weighted by Gasteiger charge is -2.29. The third-order valence-electron chi connectivity index (χ3n) is 3.58. The van der Waals surface area contributed by atoms with Gasteiger partial charge in [-0.15, -0.1) is 0 Å². The zero-order valence-electron chi connectivity index (χ0n) is 12.3. The summed E-state index contributed by atoms with van der Waals surface area (Å²) >= 11 is 0. The van der Waals surface area contributed by atoms with Crippen LogP contribution < -0.4 is 4.90 Å². The number of carbonyl (C=O) groups excluding carboxylic acids is 1. The topological polar surface area (TPSA) is 68.1 Å². The van der Waals surface area contributed by atoms with Crippen LogP contribution in [0.1, 0.15) is 17.3 Å². The first-order valence-electron chi connectivity index (χ1n) is 7.03. The summed E-state index contributed by atoms with van der Waals surface area (Å²) in [6.45, 7) is 4.68. The Kier molecular flexibility index (Phi) is 4.97. The molecule has 1 aromatic rings. The van der Waals surface area contributed by atoms with Crippen molar-refractivity contribution in [2.24, 2.45) is 0 Å². The molecule has 1 fully saturated rings. The van der Waals surface area contributed by atoms with Crippen molar-refractivity contribution in [1.29, 1.82) is 0 Å². The molecule has 7 heteroatoms. The van der Waals surface area contributed by atoms with Crippen molar-refractivity contribution in [3.63, 3.8) is 0 Å². The summed E-state index contributed by atoms with van der Waals surface area (Å²) in [5.41, 5.74) is 0.360. The van der Waals surface area contributed by atoms with Gasteiger partial charge in [0.1, 0.15) is 0 Å². The molecule has 0 amide bonds. The molecule has 2 rings (SSSR count). The van der Waals surface area contributed by atoms with Crippen LogP contribution in [0.4, 0.5) is 0 Å². The maximum Gasteiger partial charge on any atom is 0.338 e. The van der Waals surface area contributed by atoms with Gasteiger partial charge in [-0.1, -0.05) is 0 Å². The number of carbonyl (C=O) groups is 1. The third-order valence-corrected chi connectivity index (χ3v) is 5.49. The molecule has 1 aliphatic rings. The minimum Gasteiger partial charge on any atom is -0.462 e. The largest absolute Gasteiger partial charge is 0.462 e. The zero-order chi connectivity index (χ0) is 15.5. The SMILES string of the molecule is CCOC(=O)c1ccc(S(=O)(=O)N2CC[NH+](C)CC2)cc1. The highest BCUT2D eigenvalue weighted by Crippen LogP contribution is 2.16. The molecule has 1 aliphatic heterocycles. The van der Waals surface area contributed by atoms with Gasteiger partial charge in [-0.2, -0.15) is 4.31 Å². The first-order chi connectivity index (χ1) is 9.95. The molecule has 116 valence electrons. The first-order valence-corrected chi connectivity index (χ1v) is 8.48. The van der Waals surface area contributed by atoms with E-state index >= 15 is 0 Å². The van der Waals surface area contributed by atoms with Crippen LogP contribution in [0.5, 0.6) is 0 Å². The first kappa shape index (κ1) is 15.9. The number of likely N-dealkylation sites (N-methyl/N-ethyl adjacent to an activating group) is 1. The minimum absolute atomic E-state index is 0.218. The summed E-state index contributed by atoms with van der Waals surface area (Å²) in [4.78, 5) is 13.1. The van der Waals surface area contributed by atoms with Gasteiger partial charge in [0.15, 0.2) is 0 Å². The van der Waals surface area contributed by atoms with E-state index in [0.29, 0.717) is 25.3 Å². The van der Waals surface area contributed by atoms with E-state index in [0.717, 1.165) is 13.1 Å². The second-order valence-electron chi connectivity index (χ2n) is 5.11. The molecular weight excluding hydrogens is 292 g/mol. The summed E-state index contributed by atoms with van der Waals surface area (Å²) in [7, 11) is -1.42. The second kappa shape index (κ2) is 6.55. The lowest BCUT2D eigenvalue weighted by Crippen LogP contribution is -3.12. The highest BCUT2D eigenvalue weighted by Gasteiger charge is 2.29. The van der Waals surface area contributed by atoms with E-state index in [2.05, 4.69) is 7.05 Å². The second-order valence-corrected chi connectivity index (χ2v) is 7.04. The number of benzene rings is 1. The van der Waals surface area contributed by atoms with Crippen molar-refractivity contribution in [3.05, 3.63) is 29.8 Å². The lowest BCUT2D eigenvalue weighted by molar-refractivity contribution is -0.883. The molecule has 6 nitrogen and oxygen atoms in total. The highest BCUT2D eigenvalue weighted by molar-refractivity contribution is 7.89. The maximum absolute atomic E-state index is 12.5. The molecule has 1 saturated heterocycles. The molecule has 0 radical (unpaired) electrons. The summed E-state index contributed by atoms with van der Waals surface area (Å²) in [6, 6.07) is 5.91. The fraction of sp³-hybridized carbons (Fsp3) is 0.500. The number of rotatable bonds is 4. The lowest BCUT2D eigenvalue weighted by atomic mass is 10.2. The van der Waals surface area contributed by atoms with Crippen molar-refractivity contribution >= 4 is 16.0 Å². The number of nitrogens with one attached hydrogen (secondary N) is 1. The molecule has 0 spiro atoms. The van der Waals surface area contributed by atoms with Crippen LogP contribution in [-0.4, -0.2) is 58.5 Å². The number of piperazine rings is 1. The fourth-order valence-electron chi connectivity index (χ4n) is 2.23. The van der Waals surface area contributed by atoms with Crippen LogP contribution in [0, 0.1) is 0 Å². The molecule has 0 atom stereocenters. The van der Waals surface area contributed by atoms with Gasteiger partial charge in [0.25, 0.3) is 0 Å². The quantitative estimate of drug-likeness (QED) is 0.753. The van der Waals surface area contributed by atoms with E-state index in [-0.39, 0.29) is 4.90 Å². The third kappa shape index (κ3) is 3.61. The average Bonchev–Trinajstić information content (AvgIpc) is 2.48. The Bertz CT molecular complexity index is 590. The highest BCUT2D eigenvalue weighted by atomic mass is 32.2. The Morgan fingerprint density at radius 2 is 1.81 bits per heavy atom. The minimum atomic E-state index is -3.47. The van der Waals surface area contributed by atoms with Gasteiger partial charge in [0.2, 0.25) is 10.0 Å². The molecule has 0 aromatic heterocycles. The molecule has 21 heavy (non-hydrogen) atoms. The standard InChI is InChI=1S/C14H20N2O4S/c1-3-20-14(17)12-4-6-13(7-5-12)21(18,19)16-10-8-15(2)9-11-16/h4-7H,3,8-11H2,1-2H3/p+1. The van der Waals surface area contributed by atoms with E-state index in [1.807, 2.05) is 0 Å². The van der Waals surface area contributed by atoms with E-state index < -0.39 is 16.0 Å². The number of hydrogen-bond donors (Lipinski definition) is 1. The molecule has 1 heterocycles. The van der Waals surface area contributed by atoms with Crippen LogP contribution in [-0.2, 0) is 14.8 Å². The predicted octanol–water partition coefficient (Wildman–Crippen LogP) is -0.618. The summed E-state index contributed by atoms with van der Waals surface area (Å²) in [5, 5.41) is 0. The Balaban J connectivity index is 2.15. The van der Waals surface area contributed by atoms with Crippen LogP contribution >= 0.6 is 0 Å². The molecule has 0 bridgehead atoms. The van der Waals surface area contributed by atoms with Gasteiger partial charge in [-0.25, -0.2) is 13.2 Å². The van der Waals surface area contributed by atoms with Crippen LogP contribution in [0.3, 0.4) is 0 Å². The van der Waals surface area contributed by atoms with E-state index in [9.17, 15) is 13.2 Å². The van der Waals surface area contributed by atoms with Crippen molar-refractivity contribution in [2.45, 2.75) is 11.8 Å². The molecule has 1 N–H and O–H groups in total. The summed E-state index contributed by atoms with van der Waals surface area (Å²) in [6.07, 6.45) is 0. The van der Waals surface area contributed by atoms with Gasteiger partial charge in [-0.3, -0.25) is 0 Å². The average molecular weight is 313 g/mol. The number of nitrogens with zero attached hydrogens (tertiary/aromatic N) is 1. The molecule has 0 unspecified atom stereocenters. The zero-order valence-corrected chi connectivity index (χ0v) is 13.1. The van der Waals surface area contributed by atoms with E-state index in [1.165, 1.54) is 33.5 Å². The van der Waals surface area contributed by atoms with Crippen molar-refractivity contribution in [3.8, 4) is 0 Å². The van der Waals surface area contributed by atoms with Gasteiger partial charge in [-0.05, 0) is 31.2 Å². The Labute approximate surface area is 125 Å². The van der Waals surface area contributed by atoms with Crippen molar-refractivity contribution < 1.29 is 22.8 Å². The molecule has 1 aromatic carbocycles. The number of esters is 1. The molecule has 0 aliphatic carbocycles. The molecule has 0 saturated carbocycles. The normalized spacial score (nSPS) is 17.6. The van der Waals surface area contributed by atoms with Crippen molar-refractivity contribution in [2.75, 3.05) is 39.8 Å². The monoisotopic (exact) mass is 313 g/mol. The predicted molar refractivity (Wildman–Crippen MR) is 77.8 cm³/mol. The van der Waals surface area contributed by atoms with Gasteiger partial charge in [0, 0.05) is 0 Å². The van der Waals surface area contributed by atoms with Gasteiger partial charge < -0.3 is 9.64 Å². The summed E-state index contributed by atoms with van der Waals surface area (Å²) in [5.74, 6) is -0.440. The van der Waals surface area contributed by atoms with Gasteiger partial charge >= 0.3 is 5.97 Å². The van der Waals surface area contributed by atoms with Crippen molar-refractivity contribution in [1.82, 2.24) is 4.31 Å². The van der Waals surface area contributed by atoms with E-state index in [4.69, 9.17) is 4.74 Å². The fourth-order valence-corrected chi connectivity index (χ4v) is 3.68. The maximum atomic E-state index is 12.5. The van der Waals surface area contributed by atoms with Crippen LogP contribution in [0.15, 0.2) is 29.2 Å². The van der Waals surface area contributed by atoms with Crippen LogP contribution in [0.25, 0.3) is 0 Å². The summed E-state index contributed by atoms with van der Waals surface area (Å²) < 4.78 is 31.4. The van der Waals surface area contributed by atoms with Gasteiger partial charge in [0.05, 0.1) is 50.3 Å². The Hall–Kier alpha value is -1.44. The number of sulfonamides is 1. The number of quaternary nitrogens is 1. The smallest absolute Gasteiger partial charge is 0.338 e. The number of hydrogen-bond acceptors (Lipinski definition) is 4.